The minimum atomic E-state index is 0.429. The molecule has 0 aliphatic heterocycles. The van der Waals surface area contributed by atoms with Gasteiger partial charge in [-0.1, -0.05) is 53.5 Å². The first-order valence-corrected chi connectivity index (χ1v) is 6.77. The molecule has 0 fully saturated rings. The van der Waals surface area contributed by atoms with Gasteiger partial charge in [-0.15, -0.1) is 0 Å². The maximum absolute atomic E-state index is 6.25. The molecule has 0 amide bonds. The highest BCUT2D eigenvalue weighted by molar-refractivity contribution is 6.45. The molecule has 100 valence electrons. The number of nitrogens with two attached hydrogens (primary N) is 1. The molecule has 5 heteroatoms. The number of hydrazine groups is 1. The Bertz CT molecular complexity index is 773. The number of fused-ring (bicyclic) bond motifs is 1. The lowest BCUT2D eigenvalue weighted by molar-refractivity contribution is 1.33. The van der Waals surface area contributed by atoms with Crippen molar-refractivity contribution in [2.24, 2.45) is 5.84 Å². The Kier molecular flexibility index (Phi) is 3.49. The van der Waals surface area contributed by atoms with Crippen molar-refractivity contribution >= 4 is 39.8 Å². The number of nitrogen functional groups attached to an aromatic ring is 1. The van der Waals surface area contributed by atoms with E-state index in [-0.39, 0.29) is 0 Å². The van der Waals surface area contributed by atoms with E-state index in [9.17, 15) is 0 Å². The highest BCUT2D eigenvalue weighted by Gasteiger charge is 2.11. The number of hydrogen-bond acceptors (Lipinski definition) is 3. The Labute approximate surface area is 126 Å². The summed E-state index contributed by atoms with van der Waals surface area (Å²) >= 11 is 12.3. The number of nitrogens with one attached hydrogen (secondary N) is 1. The summed E-state index contributed by atoms with van der Waals surface area (Å²) in [5.74, 6) is 5.60. The molecule has 3 rings (SSSR count). The third-order valence-corrected chi connectivity index (χ3v) is 3.89. The van der Waals surface area contributed by atoms with Crippen molar-refractivity contribution < 1.29 is 0 Å². The molecule has 3 aromatic rings. The van der Waals surface area contributed by atoms with Crippen LogP contribution in [0.2, 0.25) is 10.0 Å². The van der Waals surface area contributed by atoms with Crippen molar-refractivity contribution in [1.29, 1.82) is 0 Å². The Morgan fingerprint density at radius 2 is 1.75 bits per heavy atom. The molecule has 0 unspecified atom stereocenters. The van der Waals surface area contributed by atoms with Crippen LogP contribution in [-0.2, 0) is 0 Å². The van der Waals surface area contributed by atoms with Gasteiger partial charge in [0.25, 0.3) is 0 Å². The fourth-order valence-corrected chi connectivity index (χ4v) is 2.47. The molecule has 3 nitrogen and oxygen atoms in total. The topological polar surface area (TPSA) is 50.9 Å². The summed E-state index contributed by atoms with van der Waals surface area (Å²) in [4.78, 5) is 4.60. The quantitative estimate of drug-likeness (QED) is 0.541. The number of benzene rings is 2. The standard InChI is InChI=1S/C15H11Cl2N3/c16-11-7-6-10-13(20-18)8-12(19-15(10)14(11)17)9-4-2-1-3-5-9/h1-8H,18H2,(H,19,20). The highest BCUT2D eigenvalue weighted by Crippen LogP contribution is 2.35. The van der Waals surface area contributed by atoms with Gasteiger partial charge >= 0.3 is 0 Å². The van der Waals surface area contributed by atoms with Gasteiger partial charge in [0.05, 0.1) is 26.9 Å². The first-order chi connectivity index (χ1) is 9.70. The maximum Gasteiger partial charge on any atom is 0.0932 e. The summed E-state index contributed by atoms with van der Waals surface area (Å²) in [7, 11) is 0. The molecule has 1 heterocycles. The molecular weight excluding hydrogens is 293 g/mol. The van der Waals surface area contributed by atoms with Crippen molar-refractivity contribution in [1.82, 2.24) is 4.98 Å². The van der Waals surface area contributed by atoms with Crippen LogP contribution in [-0.4, -0.2) is 4.98 Å². The zero-order valence-corrected chi connectivity index (χ0v) is 11.9. The SMILES string of the molecule is NNc1cc(-c2ccccc2)nc2c(Cl)c(Cl)ccc12. The molecule has 0 spiro atoms. The number of halogens is 2. The Balaban J connectivity index is 2.33. The van der Waals surface area contributed by atoms with Crippen molar-refractivity contribution in [3.63, 3.8) is 0 Å². The lowest BCUT2D eigenvalue weighted by Crippen LogP contribution is -2.08. The van der Waals surface area contributed by atoms with E-state index in [1.807, 2.05) is 42.5 Å². The summed E-state index contributed by atoms with van der Waals surface area (Å²) < 4.78 is 0. The van der Waals surface area contributed by atoms with Crippen LogP contribution in [0.4, 0.5) is 5.69 Å². The Hall–Kier alpha value is -1.81. The van der Waals surface area contributed by atoms with Gasteiger partial charge in [-0.2, -0.15) is 0 Å². The van der Waals surface area contributed by atoms with E-state index < -0.39 is 0 Å². The predicted molar refractivity (Wildman–Crippen MR) is 85.0 cm³/mol. The molecule has 0 radical (unpaired) electrons. The van der Waals surface area contributed by atoms with Crippen LogP contribution < -0.4 is 11.3 Å². The summed E-state index contributed by atoms with van der Waals surface area (Å²) in [6, 6.07) is 15.3. The fraction of sp³-hybridized carbons (Fsp3) is 0. The van der Waals surface area contributed by atoms with Crippen LogP contribution in [0.1, 0.15) is 0 Å². The average Bonchev–Trinajstić information content (AvgIpc) is 2.51. The number of anilines is 1. The minimum absolute atomic E-state index is 0.429. The molecule has 3 N–H and O–H groups in total. The van der Waals surface area contributed by atoms with Gasteiger partial charge in [-0.05, 0) is 18.2 Å². The second kappa shape index (κ2) is 5.29. The monoisotopic (exact) mass is 303 g/mol. The van der Waals surface area contributed by atoms with Gasteiger partial charge in [0.1, 0.15) is 0 Å². The van der Waals surface area contributed by atoms with E-state index in [4.69, 9.17) is 29.0 Å². The molecule has 0 atom stereocenters. The first-order valence-electron chi connectivity index (χ1n) is 6.01. The van der Waals surface area contributed by atoms with E-state index in [0.29, 0.717) is 15.6 Å². The van der Waals surface area contributed by atoms with E-state index in [1.165, 1.54) is 0 Å². The number of nitrogens with zero attached hydrogens (tertiary/aromatic N) is 1. The van der Waals surface area contributed by atoms with Gasteiger partial charge in [0.2, 0.25) is 0 Å². The van der Waals surface area contributed by atoms with E-state index in [1.54, 1.807) is 6.07 Å². The number of pyridine rings is 1. The summed E-state index contributed by atoms with van der Waals surface area (Å²) in [5.41, 5.74) is 5.85. The zero-order valence-electron chi connectivity index (χ0n) is 10.4. The van der Waals surface area contributed by atoms with E-state index >= 15 is 0 Å². The van der Waals surface area contributed by atoms with Crippen molar-refractivity contribution in [2.45, 2.75) is 0 Å². The summed E-state index contributed by atoms with van der Waals surface area (Å²) in [5, 5.41) is 1.74. The second-order valence-corrected chi connectivity index (χ2v) is 5.11. The average molecular weight is 304 g/mol. The Morgan fingerprint density at radius 3 is 2.45 bits per heavy atom. The molecule has 2 aromatic carbocycles. The number of rotatable bonds is 2. The molecule has 1 aromatic heterocycles. The smallest absolute Gasteiger partial charge is 0.0932 e. The van der Waals surface area contributed by atoms with Crippen molar-refractivity contribution in [3.8, 4) is 11.3 Å². The largest absolute Gasteiger partial charge is 0.323 e. The lowest BCUT2D eigenvalue weighted by Gasteiger charge is -2.11. The molecule has 0 saturated carbocycles. The van der Waals surface area contributed by atoms with Gasteiger partial charge in [0, 0.05) is 10.9 Å². The molecular formula is C15H11Cl2N3. The second-order valence-electron chi connectivity index (χ2n) is 4.32. The Morgan fingerprint density at radius 1 is 1.00 bits per heavy atom. The number of aromatic nitrogens is 1. The van der Waals surface area contributed by atoms with Crippen LogP contribution >= 0.6 is 23.2 Å². The van der Waals surface area contributed by atoms with Crippen LogP contribution in [0.15, 0.2) is 48.5 Å². The number of hydrogen-bond donors (Lipinski definition) is 2. The molecule has 0 saturated heterocycles. The fourth-order valence-electron chi connectivity index (χ4n) is 2.11. The third-order valence-electron chi connectivity index (χ3n) is 3.10. The van der Waals surface area contributed by atoms with Crippen molar-refractivity contribution in [3.05, 3.63) is 58.6 Å². The van der Waals surface area contributed by atoms with Crippen LogP contribution in [0.5, 0.6) is 0 Å². The predicted octanol–water partition coefficient (Wildman–Crippen LogP) is 4.49. The molecule has 0 aliphatic carbocycles. The summed E-state index contributed by atoms with van der Waals surface area (Å²) in [6.45, 7) is 0. The first kappa shape index (κ1) is 13.2. The van der Waals surface area contributed by atoms with Gasteiger partial charge in [-0.25, -0.2) is 4.98 Å². The van der Waals surface area contributed by atoms with E-state index in [0.717, 1.165) is 22.3 Å². The van der Waals surface area contributed by atoms with Gasteiger partial charge in [-0.3, -0.25) is 5.84 Å². The molecule has 0 aliphatic rings. The maximum atomic E-state index is 6.25. The van der Waals surface area contributed by atoms with Gasteiger partial charge in [0.15, 0.2) is 0 Å². The highest BCUT2D eigenvalue weighted by atomic mass is 35.5. The minimum Gasteiger partial charge on any atom is -0.323 e. The zero-order chi connectivity index (χ0) is 14.1. The van der Waals surface area contributed by atoms with Crippen LogP contribution in [0, 0.1) is 0 Å². The molecule has 20 heavy (non-hydrogen) atoms. The third kappa shape index (κ3) is 2.20. The van der Waals surface area contributed by atoms with Crippen molar-refractivity contribution in [2.75, 3.05) is 5.43 Å². The lowest BCUT2D eigenvalue weighted by atomic mass is 10.1. The normalized spacial score (nSPS) is 10.8. The summed E-state index contributed by atoms with van der Waals surface area (Å²) in [6.07, 6.45) is 0. The van der Waals surface area contributed by atoms with Gasteiger partial charge < -0.3 is 5.43 Å². The van der Waals surface area contributed by atoms with Crippen LogP contribution in [0.25, 0.3) is 22.2 Å². The van der Waals surface area contributed by atoms with E-state index in [2.05, 4.69) is 10.4 Å². The van der Waals surface area contributed by atoms with Crippen LogP contribution in [0.3, 0.4) is 0 Å². The molecule has 0 bridgehead atoms.